The number of aliphatic hydroxyl groups excluding tert-OH is 1. The molecule has 1 amide bonds. The van der Waals surface area contributed by atoms with Gasteiger partial charge in [0, 0.05) is 27.3 Å². The zero-order valence-corrected chi connectivity index (χ0v) is 22.9. The number of nitrogens with two attached hydrogens (primary N) is 1. The highest BCUT2D eigenvalue weighted by molar-refractivity contribution is 6.32. The second kappa shape index (κ2) is 12.4. The lowest BCUT2D eigenvalue weighted by Gasteiger charge is -2.19. The van der Waals surface area contributed by atoms with Crippen molar-refractivity contribution in [2.24, 2.45) is 5.73 Å². The average molecular weight is 583 g/mol. The number of carbonyl (C=O) groups is 1. The van der Waals surface area contributed by atoms with E-state index in [4.69, 9.17) is 33.7 Å². The number of rotatable bonds is 7. The molecule has 0 aliphatic rings. The van der Waals surface area contributed by atoms with Gasteiger partial charge in [-0.3, -0.25) is 4.79 Å². The number of amides is 1. The van der Waals surface area contributed by atoms with Crippen molar-refractivity contribution in [1.82, 2.24) is 15.1 Å². The second-order valence-electron chi connectivity index (χ2n) is 9.59. The first kappa shape index (κ1) is 30.5. The van der Waals surface area contributed by atoms with Crippen molar-refractivity contribution in [2.75, 3.05) is 13.2 Å². The number of nitrogens with one attached hydrogen (secondary N) is 1. The van der Waals surface area contributed by atoms with E-state index in [0.717, 1.165) is 0 Å². The molecule has 7 nitrogen and oxygen atoms in total. The van der Waals surface area contributed by atoms with Gasteiger partial charge in [-0.05, 0) is 51.1 Å². The van der Waals surface area contributed by atoms with Crippen LogP contribution < -0.4 is 11.1 Å². The highest BCUT2D eigenvalue weighted by atomic mass is 35.5. The minimum absolute atomic E-state index is 0.0338. The van der Waals surface area contributed by atoms with Crippen LogP contribution in [0.3, 0.4) is 0 Å². The summed E-state index contributed by atoms with van der Waals surface area (Å²) in [7, 11) is 0. The molecule has 39 heavy (non-hydrogen) atoms. The van der Waals surface area contributed by atoms with E-state index in [-0.39, 0.29) is 17.3 Å². The van der Waals surface area contributed by atoms with Gasteiger partial charge in [0.2, 0.25) is 0 Å². The Morgan fingerprint density at radius 1 is 1.18 bits per heavy atom. The van der Waals surface area contributed by atoms with Crippen LogP contribution in [0, 0.1) is 11.8 Å². The van der Waals surface area contributed by atoms with Crippen LogP contribution >= 0.6 is 23.2 Å². The minimum Gasteiger partial charge on any atom is -0.392 e. The van der Waals surface area contributed by atoms with Gasteiger partial charge in [-0.15, -0.1) is 0 Å². The third-order valence-electron chi connectivity index (χ3n) is 5.26. The second-order valence-corrected chi connectivity index (χ2v) is 10.4. The van der Waals surface area contributed by atoms with Crippen LogP contribution in [0.2, 0.25) is 10.0 Å². The largest absolute Gasteiger partial charge is 0.405 e. The molecular weight excluding hydrogens is 556 g/mol. The quantitative estimate of drug-likeness (QED) is 0.265. The summed E-state index contributed by atoms with van der Waals surface area (Å²) in [4.78, 5) is 13.1. The molecule has 1 aromatic heterocycles. The summed E-state index contributed by atoms with van der Waals surface area (Å²) in [5, 5.41) is 18.4. The number of aromatic nitrogens is 2. The smallest absolute Gasteiger partial charge is 0.392 e. The molecule has 0 spiro atoms. The van der Waals surface area contributed by atoms with Crippen LogP contribution in [0.5, 0.6) is 0 Å². The summed E-state index contributed by atoms with van der Waals surface area (Å²) >= 11 is 12.6. The van der Waals surface area contributed by atoms with Gasteiger partial charge in [-0.1, -0.05) is 47.2 Å². The van der Waals surface area contributed by atoms with E-state index in [2.05, 4.69) is 22.3 Å². The van der Waals surface area contributed by atoms with Crippen LogP contribution in [0.15, 0.2) is 42.5 Å². The zero-order chi connectivity index (χ0) is 29.0. The molecule has 0 aliphatic carbocycles. The van der Waals surface area contributed by atoms with Crippen molar-refractivity contribution >= 4 is 29.1 Å². The summed E-state index contributed by atoms with van der Waals surface area (Å²) < 4.78 is 43.7. The molecule has 208 valence electrons. The van der Waals surface area contributed by atoms with Crippen molar-refractivity contribution in [3.63, 3.8) is 0 Å². The standard InChI is InChI=1S/C27H27Cl2F3N4O3/c1-26(2,3)34-25(38)23-19(14-37)24(17-7-9-18(28)10-8-17)36(35-23)21-11-6-16(13-20(21)29)5-4-12-39-15-22(33)27(30,31)32/h6-11,13,22,37H,12,14-15,33H2,1-3H3,(H,34,38)/t22-/m1/s1. The average Bonchev–Trinajstić information content (AvgIpc) is 3.22. The number of halogens is 5. The molecule has 0 aliphatic heterocycles. The molecule has 0 bridgehead atoms. The first-order valence-electron chi connectivity index (χ1n) is 11.7. The summed E-state index contributed by atoms with van der Waals surface area (Å²) in [5.74, 6) is 4.92. The van der Waals surface area contributed by atoms with Crippen LogP contribution in [0.4, 0.5) is 13.2 Å². The van der Waals surface area contributed by atoms with Crippen LogP contribution in [0.1, 0.15) is 42.4 Å². The van der Waals surface area contributed by atoms with Gasteiger partial charge in [-0.2, -0.15) is 18.3 Å². The van der Waals surface area contributed by atoms with E-state index in [9.17, 15) is 23.1 Å². The van der Waals surface area contributed by atoms with Crippen LogP contribution in [-0.2, 0) is 11.3 Å². The molecule has 4 N–H and O–H groups in total. The molecule has 0 saturated carbocycles. The number of alkyl halides is 3. The number of hydrogen-bond donors (Lipinski definition) is 3. The zero-order valence-electron chi connectivity index (χ0n) is 21.4. The lowest BCUT2D eigenvalue weighted by Crippen LogP contribution is -2.41. The maximum absolute atomic E-state index is 13.1. The van der Waals surface area contributed by atoms with Crippen molar-refractivity contribution < 1.29 is 27.8 Å². The predicted molar refractivity (Wildman–Crippen MR) is 144 cm³/mol. The first-order chi connectivity index (χ1) is 18.2. The Kier molecular flexibility index (Phi) is 9.69. The van der Waals surface area contributed by atoms with Gasteiger partial charge in [0.25, 0.3) is 5.91 Å². The predicted octanol–water partition coefficient (Wildman–Crippen LogP) is 5.12. The molecule has 0 fully saturated rings. The molecule has 0 unspecified atom stereocenters. The Balaban J connectivity index is 1.97. The first-order valence-corrected chi connectivity index (χ1v) is 12.5. The van der Waals surface area contributed by atoms with Crippen LogP contribution in [0.25, 0.3) is 16.9 Å². The van der Waals surface area contributed by atoms with Crippen molar-refractivity contribution in [1.29, 1.82) is 0 Å². The Bertz CT molecular complexity index is 1390. The van der Waals surface area contributed by atoms with E-state index in [1.54, 1.807) is 42.5 Å². The van der Waals surface area contributed by atoms with Crippen molar-refractivity contribution in [3.05, 3.63) is 69.3 Å². The third kappa shape index (κ3) is 7.97. The fourth-order valence-corrected chi connectivity index (χ4v) is 3.87. The Hall–Kier alpha value is -3.07. The lowest BCUT2D eigenvalue weighted by molar-refractivity contribution is -0.158. The van der Waals surface area contributed by atoms with E-state index >= 15 is 0 Å². The Labute approximate surface area is 234 Å². The Morgan fingerprint density at radius 3 is 2.41 bits per heavy atom. The van der Waals surface area contributed by atoms with E-state index in [1.807, 2.05) is 20.8 Å². The lowest BCUT2D eigenvalue weighted by atomic mass is 10.0. The number of carbonyl (C=O) groups excluding carboxylic acids is 1. The maximum atomic E-state index is 13.1. The molecule has 1 heterocycles. The normalized spacial score (nSPS) is 12.6. The molecule has 3 rings (SSSR count). The summed E-state index contributed by atoms with van der Waals surface area (Å²) in [6.45, 7) is 4.05. The van der Waals surface area contributed by atoms with Gasteiger partial charge in [-0.25, -0.2) is 4.68 Å². The highest BCUT2D eigenvalue weighted by Crippen LogP contribution is 2.33. The molecule has 3 aromatic rings. The van der Waals surface area contributed by atoms with E-state index in [0.29, 0.717) is 33.1 Å². The number of nitrogens with zero attached hydrogens (tertiary/aromatic N) is 2. The molecule has 0 radical (unpaired) electrons. The number of aliphatic hydroxyl groups is 1. The SMILES string of the molecule is CC(C)(C)NC(=O)c1nn(-c2ccc(C#CCOC[C@@H](N)C(F)(F)F)cc2Cl)c(-c2ccc(Cl)cc2)c1CO. The number of ether oxygens (including phenoxy) is 1. The Morgan fingerprint density at radius 2 is 1.85 bits per heavy atom. The monoisotopic (exact) mass is 582 g/mol. The fourth-order valence-electron chi connectivity index (χ4n) is 3.49. The van der Waals surface area contributed by atoms with Gasteiger partial charge in [0.05, 0.1) is 29.6 Å². The topological polar surface area (TPSA) is 102 Å². The minimum atomic E-state index is -4.54. The van der Waals surface area contributed by atoms with Gasteiger partial charge in [0.1, 0.15) is 12.6 Å². The number of benzene rings is 2. The van der Waals surface area contributed by atoms with Crippen molar-refractivity contribution in [2.45, 2.75) is 45.1 Å². The summed E-state index contributed by atoms with van der Waals surface area (Å²) in [6.07, 6.45) is -4.54. The molecule has 12 heteroatoms. The molecular formula is C27H27Cl2F3N4O3. The highest BCUT2D eigenvalue weighted by Gasteiger charge is 2.36. The van der Waals surface area contributed by atoms with Gasteiger partial charge < -0.3 is 20.9 Å². The van der Waals surface area contributed by atoms with Gasteiger partial charge in [0.15, 0.2) is 5.69 Å². The van der Waals surface area contributed by atoms with E-state index < -0.39 is 36.9 Å². The summed E-state index contributed by atoms with van der Waals surface area (Å²) in [5.41, 5.74) is 6.75. The van der Waals surface area contributed by atoms with E-state index in [1.165, 1.54) is 4.68 Å². The molecule has 0 saturated heterocycles. The fraction of sp³-hybridized carbons (Fsp3) is 0.333. The molecule has 2 aromatic carbocycles. The van der Waals surface area contributed by atoms with Crippen LogP contribution in [-0.4, -0.2) is 51.8 Å². The maximum Gasteiger partial charge on any atom is 0.405 e. The molecule has 1 atom stereocenters. The third-order valence-corrected chi connectivity index (χ3v) is 5.82. The summed E-state index contributed by atoms with van der Waals surface area (Å²) in [6, 6.07) is 9.55. The number of hydrogen-bond acceptors (Lipinski definition) is 5. The van der Waals surface area contributed by atoms with Crippen molar-refractivity contribution in [3.8, 4) is 28.8 Å². The van der Waals surface area contributed by atoms with Gasteiger partial charge >= 0.3 is 6.18 Å².